The highest BCUT2D eigenvalue weighted by Gasteiger charge is 2.26. The van der Waals surface area contributed by atoms with Gasteiger partial charge in [0.2, 0.25) is 5.91 Å². The minimum Gasteiger partial charge on any atom is -0.493 e. The lowest BCUT2D eigenvalue weighted by Crippen LogP contribution is -2.52. The molecule has 0 aliphatic carbocycles. The first kappa shape index (κ1) is 23.8. The molecule has 3 aromatic carbocycles. The van der Waals surface area contributed by atoms with E-state index in [1.54, 1.807) is 14.2 Å². The largest absolute Gasteiger partial charge is 0.493 e. The van der Waals surface area contributed by atoms with Crippen molar-refractivity contribution >= 4 is 11.6 Å². The van der Waals surface area contributed by atoms with Crippen LogP contribution in [0.25, 0.3) is 11.1 Å². The molecule has 0 radical (unpaired) electrons. The zero-order valence-electron chi connectivity index (χ0n) is 20.2. The van der Waals surface area contributed by atoms with Crippen molar-refractivity contribution in [2.75, 3.05) is 45.7 Å². The highest BCUT2D eigenvalue weighted by atomic mass is 16.5. The van der Waals surface area contributed by atoms with Gasteiger partial charge in [0.15, 0.2) is 11.5 Å². The maximum Gasteiger partial charge on any atom is 0.241 e. The number of amides is 1. The number of nitrogens with one attached hydrogen (secondary N) is 1. The van der Waals surface area contributed by atoms with E-state index < -0.39 is 0 Å². The first-order chi connectivity index (χ1) is 16.6. The van der Waals surface area contributed by atoms with E-state index in [2.05, 4.69) is 33.3 Å². The van der Waals surface area contributed by atoms with Gasteiger partial charge in [-0.15, -0.1) is 0 Å². The molecule has 1 atom stereocenters. The van der Waals surface area contributed by atoms with E-state index in [1.807, 2.05) is 61.5 Å². The van der Waals surface area contributed by atoms with Crippen LogP contribution in [0.15, 0.2) is 72.8 Å². The van der Waals surface area contributed by atoms with Crippen molar-refractivity contribution in [2.45, 2.75) is 19.5 Å². The number of carbonyl (C=O) groups is 1. The minimum atomic E-state index is -0.202. The van der Waals surface area contributed by atoms with E-state index in [1.165, 1.54) is 5.56 Å². The van der Waals surface area contributed by atoms with Crippen LogP contribution in [-0.2, 0) is 11.3 Å². The molecular formula is C28H33N3O3. The molecule has 4 rings (SSSR count). The van der Waals surface area contributed by atoms with Crippen molar-refractivity contribution in [3.63, 3.8) is 0 Å². The highest BCUT2D eigenvalue weighted by Crippen LogP contribution is 2.29. The lowest BCUT2D eigenvalue weighted by molar-refractivity contribution is -0.121. The number of para-hydroxylation sites is 1. The molecule has 1 heterocycles. The Morgan fingerprint density at radius 3 is 2.26 bits per heavy atom. The minimum absolute atomic E-state index is 0.0247. The number of anilines is 1. The summed E-state index contributed by atoms with van der Waals surface area (Å²) in [4.78, 5) is 17.8. The summed E-state index contributed by atoms with van der Waals surface area (Å²) in [6, 6.07) is 24.0. The molecule has 6 nitrogen and oxygen atoms in total. The summed E-state index contributed by atoms with van der Waals surface area (Å²) in [5, 5.41) is 3.16. The zero-order chi connectivity index (χ0) is 23.9. The Hall–Kier alpha value is -3.35. The predicted molar refractivity (Wildman–Crippen MR) is 136 cm³/mol. The second-order valence-corrected chi connectivity index (χ2v) is 8.58. The molecule has 3 aromatic rings. The fourth-order valence-corrected chi connectivity index (χ4v) is 4.41. The van der Waals surface area contributed by atoms with Crippen LogP contribution in [0.2, 0.25) is 0 Å². The molecule has 0 bridgehead atoms. The SMILES string of the molecule is COc1ccc(CN2CCN([C@@H](C)C(=O)Nc3ccccc3-c3ccccc3)CC2)cc1OC. The van der Waals surface area contributed by atoms with Gasteiger partial charge in [0.25, 0.3) is 0 Å². The van der Waals surface area contributed by atoms with Gasteiger partial charge in [-0.2, -0.15) is 0 Å². The average molecular weight is 460 g/mol. The number of ether oxygens (including phenoxy) is 2. The van der Waals surface area contributed by atoms with Crippen molar-refractivity contribution in [3.8, 4) is 22.6 Å². The van der Waals surface area contributed by atoms with Crippen molar-refractivity contribution < 1.29 is 14.3 Å². The maximum absolute atomic E-state index is 13.1. The molecule has 1 saturated heterocycles. The summed E-state index contributed by atoms with van der Waals surface area (Å²) >= 11 is 0. The summed E-state index contributed by atoms with van der Waals surface area (Å²) in [6.45, 7) is 6.35. The van der Waals surface area contributed by atoms with Crippen LogP contribution in [0.1, 0.15) is 12.5 Å². The van der Waals surface area contributed by atoms with Gasteiger partial charge in [0.05, 0.1) is 20.3 Å². The Labute approximate surface area is 202 Å². The Balaban J connectivity index is 1.33. The number of nitrogens with zero attached hydrogens (tertiary/aromatic N) is 2. The number of piperazine rings is 1. The third-order valence-electron chi connectivity index (χ3n) is 6.46. The van der Waals surface area contributed by atoms with E-state index in [0.29, 0.717) is 0 Å². The molecule has 1 aliphatic heterocycles. The summed E-state index contributed by atoms with van der Waals surface area (Å²) in [5.41, 5.74) is 4.16. The van der Waals surface area contributed by atoms with Gasteiger partial charge in [-0.3, -0.25) is 14.6 Å². The molecule has 0 unspecified atom stereocenters. The van der Waals surface area contributed by atoms with E-state index >= 15 is 0 Å². The molecule has 0 saturated carbocycles. The van der Waals surface area contributed by atoms with Crippen molar-refractivity contribution in [1.29, 1.82) is 0 Å². The third kappa shape index (κ3) is 5.58. The first-order valence-corrected chi connectivity index (χ1v) is 11.7. The maximum atomic E-state index is 13.1. The van der Waals surface area contributed by atoms with Crippen LogP contribution in [-0.4, -0.2) is 62.1 Å². The summed E-state index contributed by atoms with van der Waals surface area (Å²) < 4.78 is 10.8. The molecular weight excluding hydrogens is 426 g/mol. The van der Waals surface area contributed by atoms with E-state index in [0.717, 1.165) is 61.0 Å². The molecule has 34 heavy (non-hydrogen) atoms. The number of benzene rings is 3. The number of rotatable bonds is 8. The summed E-state index contributed by atoms with van der Waals surface area (Å²) in [7, 11) is 3.30. The smallest absolute Gasteiger partial charge is 0.241 e. The van der Waals surface area contributed by atoms with Gasteiger partial charge < -0.3 is 14.8 Å². The standard InChI is InChI=1S/C28H33N3O3/c1-21(28(32)29-25-12-8-7-11-24(25)23-9-5-4-6-10-23)31-17-15-30(16-18-31)20-22-13-14-26(33-2)27(19-22)34-3/h4-14,19,21H,15-18,20H2,1-3H3,(H,29,32)/t21-/m0/s1. The van der Waals surface area contributed by atoms with Gasteiger partial charge in [-0.1, -0.05) is 54.6 Å². The normalized spacial score (nSPS) is 15.5. The Morgan fingerprint density at radius 1 is 0.882 bits per heavy atom. The quantitative estimate of drug-likeness (QED) is 0.537. The average Bonchev–Trinajstić information content (AvgIpc) is 2.89. The molecule has 1 fully saturated rings. The molecule has 1 amide bonds. The predicted octanol–water partition coefficient (Wildman–Crippen LogP) is 4.52. The second-order valence-electron chi connectivity index (χ2n) is 8.58. The first-order valence-electron chi connectivity index (χ1n) is 11.7. The van der Waals surface area contributed by atoms with Crippen LogP contribution in [0.5, 0.6) is 11.5 Å². The van der Waals surface area contributed by atoms with Crippen LogP contribution in [0.3, 0.4) is 0 Å². The fourth-order valence-electron chi connectivity index (χ4n) is 4.41. The zero-order valence-corrected chi connectivity index (χ0v) is 20.2. The van der Waals surface area contributed by atoms with Gasteiger partial charge in [0, 0.05) is 44.0 Å². The van der Waals surface area contributed by atoms with Crippen LogP contribution >= 0.6 is 0 Å². The van der Waals surface area contributed by atoms with E-state index in [4.69, 9.17) is 9.47 Å². The van der Waals surface area contributed by atoms with E-state index in [9.17, 15) is 4.79 Å². The number of hydrogen-bond acceptors (Lipinski definition) is 5. The monoisotopic (exact) mass is 459 g/mol. The second kappa shape index (κ2) is 11.2. The Bertz CT molecular complexity index is 1100. The number of hydrogen-bond donors (Lipinski definition) is 1. The van der Waals surface area contributed by atoms with E-state index in [-0.39, 0.29) is 11.9 Å². The molecule has 178 valence electrons. The topological polar surface area (TPSA) is 54.0 Å². The third-order valence-corrected chi connectivity index (χ3v) is 6.46. The van der Waals surface area contributed by atoms with Crippen molar-refractivity contribution in [1.82, 2.24) is 9.80 Å². The molecule has 6 heteroatoms. The van der Waals surface area contributed by atoms with Gasteiger partial charge in [-0.25, -0.2) is 0 Å². The van der Waals surface area contributed by atoms with Crippen molar-refractivity contribution in [3.05, 3.63) is 78.4 Å². The van der Waals surface area contributed by atoms with Crippen LogP contribution < -0.4 is 14.8 Å². The van der Waals surface area contributed by atoms with Crippen LogP contribution in [0, 0.1) is 0 Å². The van der Waals surface area contributed by atoms with Crippen molar-refractivity contribution in [2.24, 2.45) is 0 Å². The van der Waals surface area contributed by atoms with Gasteiger partial charge in [-0.05, 0) is 36.2 Å². The number of methoxy groups -OCH3 is 2. The molecule has 1 N–H and O–H groups in total. The van der Waals surface area contributed by atoms with Gasteiger partial charge >= 0.3 is 0 Å². The Morgan fingerprint density at radius 2 is 1.56 bits per heavy atom. The highest BCUT2D eigenvalue weighted by molar-refractivity contribution is 5.98. The van der Waals surface area contributed by atoms with Crippen LogP contribution in [0.4, 0.5) is 5.69 Å². The molecule has 0 spiro atoms. The summed E-state index contributed by atoms with van der Waals surface area (Å²) in [6.07, 6.45) is 0. The molecule has 0 aromatic heterocycles. The number of carbonyl (C=O) groups excluding carboxylic acids is 1. The Kier molecular flexibility index (Phi) is 7.83. The summed E-state index contributed by atoms with van der Waals surface area (Å²) in [5.74, 6) is 1.51. The molecule has 1 aliphatic rings. The van der Waals surface area contributed by atoms with Gasteiger partial charge in [0.1, 0.15) is 0 Å². The fraction of sp³-hybridized carbons (Fsp3) is 0.321. The lowest BCUT2D eigenvalue weighted by atomic mass is 10.0. The lowest BCUT2D eigenvalue weighted by Gasteiger charge is -2.37.